The van der Waals surface area contributed by atoms with Crippen LogP contribution in [0.2, 0.25) is 0 Å². The highest BCUT2D eigenvalue weighted by Gasteiger charge is 2.47. The smallest absolute Gasteiger partial charge is 0.410 e. The van der Waals surface area contributed by atoms with Crippen LogP contribution in [0.4, 0.5) is 19.0 Å². The fourth-order valence-corrected chi connectivity index (χ4v) is 4.07. The van der Waals surface area contributed by atoms with Crippen molar-refractivity contribution in [3.8, 4) is 0 Å². The lowest BCUT2D eigenvalue weighted by molar-refractivity contribution is -0.174. The summed E-state index contributed by atoms with van der Waals surface area (Å²) >= 11 is 0. The van der Waals surface area contributed by atoms with Crippen LogP contribution >= 0.6 is 0 Å². The van der Waals surface area contributed by atoms with E-state index in [1.807, 2.05) is 6.92 Å². The van der Waals surface area contributed by atoms with Crippen LogP contribution in [0.1, 0.15) is 61.4 Å². The van der Waals surface area contributed by atoms with Gasteiger partial charge in [-0.25, -0.2) is 4.68 Å². The van der Waals surface area contributed by atoms with Crippen molar-refractivity contribution >= 4 is 11.7 Å². The number of alkyl halides is 3. The Morgan fingerprint density at radius 3 is 2.79 bits per heavy atom. The molecule has 152 valence electrons. The average molecular weight is 396 g/mol. The molecule has 2 aliphatic rings. The Bertz CT molecular complexity index is 846. The van der Waals surface area contributed by atoms with Crippen molar-refractivity contribution in [1.29, 1.82) is 0 Å². The first-order chi connectivity index (χ1) is 13.2. The molecule has 0 bridgehead atoms. The van der Waals surface area contributed by atoms with Crippen molar-refractivity contribution in [2.45, 2.75) is 57.4 Å². The van der Waals surface area contributed by atoms with Crippen LogP contribution in [0, 0.1) is 5.92 Å². The number of anilines is 1. The van der Waals surface area contributed by atoms with E-state index in [1.165, 1.54) is 12.3 Å². The third-order valence-corrected chi connectivity index (χ3v) is 5.67. The highest BCUT2D eigenvalue weighted by atomic mass is 19.4. The van der Waals surface area contributed by atoms with Crippen molar-refractivity contribution in [2.24, 2.45) is 5.92 Å². The number of hydrogen-bond donors (Lipinski definition) is 1. The third kappa shape index (κ3) is 3.38. The van der Waals surface area contributed by atoms with Crippen LogP contribution in [0.25, 0.3) is 0 Å². The molecule has 1 fully saturated rings. The second-order valence-corrected chi connectivity index (χ2v) is 7.85. The van der Waals surface area contributed by atoms with E-state index in [1.54, 1.807) is 17.0 Å². The van der Waals surface area contributed by atoms with Gasteiger partial charge in [-0.15, -0.1) is 0 Å². The number of halogens is 3. The van der Waals surface area contributed by atoms with Gasteiger partial charge >= 0.3 is 6.18 Å². The summed E-state index contributed by atoms with van der Waals surface area (Å²) in [5.41, 5.74) is 0.0396. The standard InChI is InChI=1S/C19H23F3N4O2/c1-11-5-6-12(2)25(10-11)18(27)14-9-17-23-13(15-4-3-7-28-15)8-16(19(20,21)22)26(17)24-14/h3-4,7,9,11-13,16,23H,5-6,8,10H2,1-2H3/t11-,12+,13+,16-/m1/s1. The van der Waals surface area contributed by atoms with Gasteiger partial charge < -0.3 is 14.6 Å². The van der Waals surface area contributed by atoms with Crippen LogP contribution < -0.4 is 5.32 Å². The summed E-state index contributed by atoms with van der Waals surface area (Å²) in [4.78, 5) is 14.7. The zero-order chi connectivity index (χ0) is 20.1. The molecule has 1 saturated heterocycles. The first kappa shape index (κ1) is 18.9. The van der Waals surface area contributed by atoms with Gasteiger partial charge in [-0.05, 0) is 37.8 Å². The van der Waals surface area contributed by atoms with Crippen LogP contribution in [-0.2, 0) is 0 Å². The van der Waals surface area contributed by atoms with Crippen LogP contribution in [-0.4, -0.2) is 39.4 Å². The molecule has 2 aromatic rings. The molecule has 1 N–H and O–H groups in total. The van der Waals surface area contributed by atoms with Crippen molar-refractivity contribution < 1.29 is 22.4 Å². The Hall–Kier alpha value is -2.45. The number of amides is 1. The van der Waals surface area contributed by atoms with E-state index in [-0.39, 0.29) is 29.9 Å². The predicted molar refractivity (Wildman–Crippen MR) is 95.9 cm³/mol. The Kier molecular flexibility index (Phi) is 4.63. The number of carbonyl (C=O) groups excluding carboxylic acids is 1. The minimum Gasteiger partial charge on any atom is -0.467 e. The van der Waals surface area contributed by atoms with Gasteiger partial charge in [0.1, 0.15) is 11.6 Å². The molecule has 0 spiro atoms. The van der Waals surface area contributed by atoms with Crippen LogP contribution in [0.5, 0.6) is 0 Å². The fraction of sp³-hybridized carbons (Fsp3) is 0.579. The lowest BCUT2D eigenvalue weighted by Gasteiger charge is -2.36. The fourth-order valence-electron chi connectivity index (χ4n) is 4.07. The monoisotopic (exact) mass is 396 g/mol. The molecule has 6 nitrogen and oxygen atoms in total. The molecule has 28 heavy (non-hydrogen) atoms. The van der Waals surface area contributed by atoms with Gasteiger partial charge in [0.05, 0.1) is 12.3 Å². The largest absolute Gasteiger partial charge is 0.467 e. The van der Waals surface area contributed by atoms with E-state index < -0.39 is 18.3 Å². The number of rotatable bonds is 2. The first-order valence-electron chi connectivity index (χ1n) is 9.51. The van der Waals surface area contributed by atoms with Gasteiger partial charge in [-0.3, -0.25) is 4.79 Å². The van der Waals surface area contributed by atoms with E-state index in [2.05, 4.69) is 17.3 Å². The summed E-state index contributed by atoms with van der Waals surface area (Å²) in [5, 5.41) is 7.10. The molecular formula is C19H23F3N4O2. The zero-order valence-corrected chi connectivity index (χ0v) is 15.7. The summed E-state index contributed by atoms with van der Waals surface area (Å²) in [6, 6.07) is 2.28. The number of piperidine rings is 1. The molecule has 2 aromatic heterocycles. The Labute approximate surface area is 160 Å². The lowest BCUT2D eigenvalue weighted by atomic mass is 9.95. The number of furan rings is 1. The highest BCUT2D eigenvalue weighted by Crippen LogP contribution is 2.43. The predicted octanol–water partition coefficient (Wildman–Crippen LogP) is 4.40. The minimum absolute atomic E-state index is 0.0396. The Balaban J connectivity index is 1.66. The number of likely N-dealkylation sites (tertiary alicyclic amines) is 1. The number of nitrogens with one attached hydrogen (secondary N) is 1. The number of hydrogen-bond acceptors (Lipinski definition) is 4. The van der Waals surface area contributed by atoms with Crippen LogP contribution in [0.15, 0.2) is 28.9 Å². The third-order valence-electron chi connectivity index (χ3n) is 5.67. The Morgan fingerprint density at radius 1 is 1.32 bits per heavy atom. The van der Waals surface area contributed by atoms with E-state index in [0.717, 1.165) is 17.5 Å². The molecule has 0 unspecified atom stereocenters. The second-order valence-electron chi connectivity index (χ2n) is 7.85. The first-order valence-corrected chi connectivity index (χ1v) is 9.51. The maximum atomic E-state index is 13.7. The molecule has 0 aromatic carbocycles. The Morgan fingerprint density at radius 2 is 2.11 bits per heavy atom. The molecule has 4 heterocycles. The number of aromatic nitrogens is 2. The number of fused-ring (bicyclic) bond motifs is 1. The summed E-state index contributed by atoms with van der Waals surface area (Å²) in [6.07, 6.45) is -1.39. The van der Waals surface area contributed by atoms with Crippen molar-refractivity contribution in [2.75, 3.05) is 11.9 Å². The van der Waals surface area contributed by atoms with Gasteiger partial charge in [-0.2, -0.15) is 18.3 Å². The summed E-state index contributed by atoms with van der Waals surface area (Å²) in [5.74, 6) is 0.643. The van der Waals surface area contributed by atoms with Gasteiger partial charge in [0.2, 0.25) is 0 Å². The summed E-state index contributed by atoms with van der Waals surface area (Å²) in [6.45, 7) is 4.62. The molecule has 0 aliphatic carbocycles. The maximum Gasteiger partial charge on any atom is 0.410 e. The molecule has 4 atom stereocenters. The highest BCUT2D eigenvalue weighted by molar-refractivity contribution is 5.93. The van der Waals surface area contributed by atoms with Gasteiger partial charge in [0.15, 0.2) is 11.7 Å². The lowest BCUT2D eigenvalue weighted by Crippen LogP contribution is -2.45. The average Bonchev–Trinajstić information content (AvgIpc) is 3.30. The van der Waals surface area contributed by atoms with Gasteiger partial charge in [0, 0.05) is 25.1 Å². The van der Waals surface area contributed by atoms with Crippen molar-refractivity contribution in [1.82, 2.24) is 14.7 Å². The quantitative estimate of drug-likeness (QED) is 0.818. The zero-order valence-electron chi connectivity index (χ0n) is 15.7. The van der Waals surface area contributed by atoms with Crippen LogP contribution in [0.3, 0.4) is 0 Å². The second kappa shape index (κ2) is 6.86. The van der Waals surface area contributed by atoms with E-state index in [9.17, 15) is 18.0 Å². The molecule has 1 amide bonds. The molecule has 0 radical (unpaired) electrons. The number of nitrogens with zero attached hydrogens (tertiary/aromatic N) is 3. The normalized spacial score (nSPS) is 28.0. The van der Waals surface area contributed by atoms with E-state index in [0.29, 0.717) is 18.2 Å². The van der Waals surface area contributed by atoms with Crippen molar-refractivity contribution in [3.63, 3.8) is 0 Å². The summed E-state index contributed by atoms with van der Waals surface area (Å²) < 4.78 is 47.3. The minimum atomic E-state index is -4.49. The number of carbonyl (C=O) groups is 1. The van der Waals surface area contributed by atoms with E-state index in [4.69, 9.17) is 4.42 Å². The van der Waals surface area contributed by atoms with E-state index >= 15 is 0 Å². The van der Waals surface area contributed by atoms with Gasteiger partial charge in [0.25, 0.3) is 5.91 Å². The summed E-state index contributed by atoms with van der Waals surface area (Å²) in [7, 11) is 0. The molecular weight excluding hydrogens is 373 g/mol. The van der Waals surface area contributed by atoms with Gasteiger partial charge in [-0.1, -0.05) is 6.92 Å². The maximum absolute atomic E-state index is 13.7. The molecule has 0 saturated carbocycles. The molecule has 4 rings (SSSR count). The SMILES string of the molecule is C[C@@H]1CC[C@H](C)N(C(=O)c2cc3n(n2)[C@@H](C(F)(F)F)C[C@@H](c2ccco2)N3)C1. The topological polar surface area (TPSA) is 63.3 Å². The van der Waals surface area contributed by atoms with Crippen molar-refractivity contribution in [3.05, 3.63) is 35.9 Å². The molecule has 2 aliphatic heterocycles. The molecule has 9 heteroatoms.